The van der Waals surface area contributed by atoms with E-state index in [-0.39, 0.29) is 21.7 Å². The second-order valence-corrected chi connectivity index (χ2v) is 43.9. The van der Waals surface area contributed by atoms with Crippen molar-refractivity contribution >= 4 is 129 Å². The Morgan fingerprint density at radius 1 is 0.309 bits per heavy atom. The fraction of sp³-hybridized carbons (Fsp3) is 0.500. The van der Waals surface area contributed by atoms with Crippen molar-refractivity contribution < 1.29 is 18.9 Å². The van der Waals surface area contributed by atoms with Gasteiger partial charge in [0.1, 0.15) is 0 Å². The zero-order valence-corrected chi connectivity index (χ0v) is 73.9. The second-order valence-electron chi connectivity index (χ2n) is 36.6. The molecule has 14 heteroatoms. The Labute approximate surface area is 666 Å². The van der Waals surface area contributed by atoms with Crippen molar-refractivity contribution in [1.29, 1.82) is 0 Å². The number of unbranched alkanes of at least 4 members (excludes halogenated alkanes) is 4. The van der Waals surface area contributed by atoms with Gasteiger partial charge in [0.15, 0.2) is 0 Å². The predicted octanol–water partition coefficient (Wildman–Crippen LogP) is 25.3. The second kappa shape index (κ2) is 31.8. The third-order valence-electron chi connectivity index (χ3n) is 24.3. The monoisotopic (exact) mass is 1600 g/mol. The summed E-state index contributed by atoms with van der Waals surface area (Å²) in [5.41, 5.74) is 8.87. The minimum atomic E-state index is -4.52. The molecule has 14 rings (SSSR count). The summed E-state index contributed by atoms with van der Waals surface area (Å²) >= 11 is -4.52. The number of ether oxygens (including phenoxy) is 4. The van der Waals surface area contributed by atoms with Crippen molar-refractivity contribution in [2.75, 3.05) is 26.4 Å². The van der Waals surface area contributed by atoms with Crippen molar-refractivity contribution in [3.8, 4) is 23.0 Å². The van der Waals surface area contributed by atoms with Gasteiger partial charge in [-0.15, -0.1) is 0 Å². The Morgan fingerprint density at radius 2 is 0.582 bits per heavy atom. The molecule has 0 aliphatic carbocycles. The SMILES string of the molecule is CCCCC(CC)COc1cc(C(C)(C)C)cc2cc3c(cc12)C1=NC3=Nc2c3cc4c(OCC(CC)CCCC)cc(C(C)(C)C)cc4cc3c3[n]2[In]([Cl])[n]2c(c4cc5cc(C(C)(C)C)cc(OCC(CC)CCCC)c5cc4c2=NC2=NC(=N3)c3cc4c(OCC(CC)CCCC)cc(C(C)(C)C)cc4cc32)=N1. The van der Waals surface area contributed by atoms with Gasteiger partial charge in [0.05, 0.1) is 0 Å². The maximum atomic E-state index is 9.06. The van der Waals surface area contributed by atoms with Crippen LogP contribution in [0.3, 0.4) is 0 Å². The number of aliphatic imine (C=N–C) groups is 4. The third-order valence-corrected chi connectivity index (χ3v) is 32.1. The molecule has 8 aromatic carbocycles. The summed E-state index contributed by atoms with van der Waals surface area (Å²) in [5.74, 6) is 8.69. The van der Waals surface area contributed by atoms with Gasteiger partial charge in [0, 0.05) is 0 Å². The van der Waals surface area contributed by atoms with Gasteiger partial charge in [-0.3, -0.25) is 0 Å². The molecule has 0 saturated heterocycles. The Bertz CT molecular complexity index is 5490. The number of nitrogens with zero attached hydrogens (tertiary/aromatic N) is 8. The molecule has 0 N–H and O–H groups in total. The molecule has 4 aliphatic heterocycles. The van der Waals surface area contributed by atoms with E-state index in [4.69, 9.17) is 57.5 Å². The zero-order chi connectivity index (χ0) is 78.0. The predicted molar refractivity (Wildman–Crippen MR) is 467 cm³/mol. The van der Waals surface area contributed by atoms with E-state index in [2.05, 4.69) is 241 Å². The molecular weight excluding hydrogens is 1480 g/mol. The molecule has 0 saturated carbocycles. The van der Waals surface area contributed by atoms with Crippen LogP contribution in [0.5, 0.6) is 23.0 Å². The molecule has 6 bridgehead atoms. The summed E-state index contributed by atoms with van der Waals surface area (Å²) in [5, 5.41) is 11.8. The molecule has 2 aromatic heterocycles. The maximum absolute atomic E-state index is 9.06. The quantitative estimate of drug-likeness (QED) is 0.0485. The number of benzene rings is 8. The summed E-state index contributed by atoms with van der Waals surface area (Å²) in [7, 11) is 9.06. The van der Waals surface area contributed by atoms with Crippen LogP contribution in [0, 0.1) is 23.7 Å². The van der Waals surface area contributed by atoms with E-state index in [1.165, 1.54) is 35.1 Å². The molecular formula is C96H120ClInN8O4. The first-order valence-corrected chi connectivity index (χ1v) is 49.2. The number of halogens is 1. The van der Waals surface area contributed by atoms with E-state index in [9.17, 15) is 0 Å². The van der Waals surface area contributed by atoms with Crippen molar-refractivity contribution in [3.63, 3.8) is 0 Å². The van der Waals surface area contributed by atoms with E-state index in [0.29, 0.717) is 96.1 Å². The van der Waals surface area contributed by atoms with Gasteiger partial charge >= 0.3 is 604 Å². The average Bonchev–Trinajstić information content (AvgIpc) is 1.54. The van der Waals surface area contributed by atoms with Crippen LogP contribution >= 0.6 is 8.58 Å². The normalized spacial score (nSPS) is 15.3. The number of hydrogen-bond donors (Lipinski definition) is 0. The molecule has 4 aliphatic rings. The number of fused-ring (bicyclic) bond motifs is 18. The molecule has 4 unspecified atom stereocenters. The molecule has 0 radical (unpaired) electrons. The minimum absolute atomic E-state index is 0.178. The van der Waals surface area contributed by atoms with Crippen molar-refractivity contribution in [2.24, 2.45) is 53.6 Å². The van der Waals surface area contributed by atoms with Crippen LogP contribution in [-0.2, 0) is 21.7 Å². The van der Waals surface area contributed by atoms with Crippen LogP contribution in [-0.4, -0.2) is 75.7 Å². The van der Waals surface area contributed by atoms with Gasteiger partial charge in [-0.05, 0) is 0 Å². The van der Waals surface area contributed by atoms with Gasteiger partial charge < -0.3 is 0 Å². The van der Waals surface area contributed by atoms with E-state index in [1.54, 1.807) is 0 Å². The van der Waals surface area contributed by atoms with Gasteiger partial charge in [-0.25, -0.2) is 0 Å². The first-order valence-electron chi connectivity index (χ1n) is 42.1. The van der Waals surface area contributed by atoms with E-state index >= 15 is 0 Å². The first-order chi connectivity index (χ1) is 52.6. The van der Waals surface area contributed by atoms with Crippen LogP contribution in [0.25, 0.3) is 64.6 Å². The Hall–Kier alpha value is -7.48. The summed E-state index contributed by atoms with van der Waals surface area (Å²) in [6, 6.07) is 37.1. The fourth-order valence-electron chi connectivity index (χ4n) is 16.5. The summed E-state index contributed by atoms with van der Waals surface area (Å²) < 4.78 is 33.5. The molecule has 6 heterocycles. The molecule has 12 nitrogen and oxygen atoms in total. The van der Waals surface area contributed by atoms with E-state index < -0.39 is 20.8 Å². The van der Waals surface area contributed by atoms with Crippen molar-refractivity contribution in [1.82, 2.24) is 5.11 Å². The molecule has 0 spiro atoms. The number of aromatic nitrogens is 2. The van der Waals surface area contributed by atoms with Crippen molar-refractivity contribution in [2.45, 2.75) is 263 Å². The summed E-state index contributed by atoms with van der Waals surface area (Å²) in [4.78, 5) is 35.6. The van der Waals surface area contributed by atoms with E-state index in [1.807, 2.05) is 0 Å². The van der Waals surface area contributed by atoms with Crippen LogP contribution in [0.1, 0.15) is 286 Å². The molecule has 578 valence electrons. The third kappa shape index (κ3) is 15.6. The Morgan fingerprint density at radius 3 is 0.900 bits per heavy atom. The van der Waals surface area contributed by atoms with Crippen LogP contribution < -0.4 is 29.9 Å². The van der Waals surface area contributed by atoms with Crippen molar-refractivity contribution in [3.05, 3.63) is 153 Å². The molecule has 4 atom stereocenters. The Balaban J connectivity index is 1.14. The van der Waals surface area contributed by atoms with Gasteiger partial charge in [0.2, 0.25) is 0 Å². The topological polar surface area (TPSA) is 121 Å². The number of amidine groups is 4. The summed E-state index contributed by atoms with van der Waals surface area (Å²) in [6.45, 7) is 48.3. The zero-order valence-electron chi connectivity index (χ0n) is 69.9. The Kier molecular flexibility index (Phi) is 22.9. The number of rotatable bonds is 28. The average molecular weight is 1600 g/mol. The first kappa shape index (κ1) is 79.2. The molecule has 0 amide bonds. The van der Waals surface area contributed by atoms with Gasteiger partial charge in [0.25, 0.3) is 0 Å². The molecule has 110 heavy (non-hydrogen) atoms. The van der Waals surface area contributed by atoms with E-state index in [0.717, 1.165) is 200 Å². The van der Waals surface area contributed by atoms with Crippen LogP contribution in [0.2, 0.25) is 0 Å². The molecule has 0 fully saturated rings. The van der Waals surface area contributed by atoms with Crippen LogP contribution in [0.15, 0.2) is 127 Å². The van der Waals surface area contributed by atoms with Gasteiger partial charge in [-0.1, -0.05) is 67.2 Å². The molecule has 10 aromatic rings. The fourth-order valence-corrected chi connectivity index (χ4v) is 24.2. The standard InChI is InChI=1S/C96H120N8O4.ClH.In/c1-21-29-33-57(25-5)53-105-81-45-65(93(9,10)11)37-61-41-73-77(49-69(61)81)89-97-85(73)102-90-79-51-71-63(39-67(95(15,16)17)47-83(71)107-55-59(27-7)35-31-23-3)43-75(79)87(99-90)104-92-80-52-72-64(40-68(96(18,19)20)48-84(72)108-56-60(28-8)36-32-24-4)44-76(80)88(100-92)103-91-78-50-70-62(42-74(78)86(98-91)101-89)38-66(94(12,13)14)46-82(70)106-54-58(26-6)34-30-22-2;;/h37-52,57-60H,21-36,53-56H2,1-20H3;1H;/q-2;;+3/p-1. The van der Waals surface area contributed by atoms with Crippen LogP contribution in [0.4, 0.5) is 11.6 Å². The summed E-state index contributed by atoms with van der Waals surface area (Å²) in [6.07, 6.45) is 17.9. The number of hydrogen-bond acceptors (Lipinski definition) is 10. The van der Waals surface area contributed by atoms with Gasteiger partial charge in [-0.2, -0.15) is 0 Å².